The lowest BCUT2D eigenvalue weighted by Crippen LogP contribution is -1.99. The summed E-state index contributed by atoms with van der Waals surface area (Å²) in [4.78, 5) is 0.0205. The van der Waals surface area contributed by atoms with Gasteiger partial charge < -0.3 is 0 Å². The zero-order chi connectivity index (χ0) is 13.1. The van der Waals surface area contributed by atoms with Crippen molar-refractivity contribution in [3.05, 3.63) is 68.8 Å². The molecule has 0 radical (unpaired) electrons. The molecule has 0 amide bonds. The van der Waals surface area contributed by atoms with Crippen molar-refractivity contribution in [3.63, 3.8) is 0 Å². The van der Waals surface area contributed by atoms with Crippen LogP contribution in [0, 0.1) is 15.2 Å². The van der Waals surface area contributed by atoms with Gasteiger partial charge in [0.2, 0.25) is 0 Å². The van der Waals surface area contributed by atoms with Crippen molar-refractivity contribution >= 4 is 38.5 Å². The van der Waals surface area contributed by atoms with Crippen LogP contribution in [-0.4, -0.2) is 0 Å². The molecule has 0 aliphatic carbocycles. The van der Waals surface area contributed by atoms with Gasteiger partial charge in [0.25, 0.3) is 0 Å². The maximum Gasteiger partial charge on any atom is 0.129 e. The van der Waals surface area contributed by atoms with E-state index < -0.39 is 11.6 Å². The van der Waals surface area contributed by atoms with E-state index in [0.29, 0.717) is 12.0 Å². The quantitative estimate of drug-likeness (QED) is 0.468. The van der Waals surface area contributed by atoms with Gasteiger partial charge in [-0.15, -0.1) is 0 Å². The van der Waals surface area contributed by atoms with Crippen LogP contribution in [0.1, 0.15) is 16.0 Å². The molecular formula is C14H10BrF2I. The summed E-state index contributed by atoms with van der Waals surface area (Å²) in [7, 11) is 0. The summed E-state index contributed by atoms with van der Waals surface area (Å²) in [6.45, 7) is 0. The predicted molar refractivity (Wildman–Crippen MR) is 80.9 cm³/mol. The number of hydrogen-bond acceptors (Lipinski definition) is 0. The molecule has 0 heterocycles. The van der Waals surface area contributed by atoms with E-state index >= 15 is 0 Å². The maximum atomic E-state index is 13.5. The van der Waals surface area contributed by atoms with Crippen molar-refractivity contribution in [2.75, 3.05) is 0 Å². The van der Waals surface area contributed by atoms with Crippen molar-refractivity contribution < 1.29 is 8.78 Å². The monoisotopic (exact) mass is 422 g/mol. The Hall–Kier alpha value is -0.490. The van der Waals surface area contributed by atoms with E-state index in [0.717, 1.165) is 15.2 Å². The summed E-state index contributed by atoms with van der Waals surface area (Å²) in [6, 6.07) is 11.7. The Kier molecular flexibility index (Phi) is 4.72. The largest absolute Gasteiger partial charge is 0.207 e. The Balaban J connectivity index is 2.18. The number of rotatable bonds is 3. The molecule has 0 bridgehead atoms. The van der Waals surface area contributed by atoms with Gasteiger partial charge >= 0.3 is 0 Å². The first kappa shape index (κ1) is 13.9. The summed E-state index contributed by atoms with van der Waals surface area (Å²) in [5.41, 5.74) is 1.60. The van der Waals surface area contributed by atoms with Gasteiger partial charge in [-0.1, -0.05) is 34.1 Å². The van der Waals surface area contributed by atoms with E-state index in [1.807, 2.05) is 24.3 Å². The van der Waals surface area contributed by atoms with Crippen molar-refractivity contribution in [3.8, 4) is 0 Å². The molecule has 2 rings (SSSR count). The molecule has 0 aliphatic heterocycles. The summed E-state index contributed by atoms with van der Waals surface area (Å²) >= 11 is 5.78. The van der Waals surface area contributed by atoms with Crippen LogP contribution in [-0.2, 0) is 6.42 Å². The molecule has 0 saturated carbocycles. The Bertz CT molecular complexity index is 557. The molecule has 2 aromatic rings. The lowest BCUT2D eigenvalue weighted by atomic mass is 10.0. The highest BCUT2D eigenvalue weighted by Crippen LogP contribution is 2.29. The van der Waals surface area contributed by atoms with Crippen LogP contribution in [0.4, 0.5) is 8.78 Å². The minimum atomic E-state index is -0.545. The fourth-order valence-corrected chi connectivity index (χ4v) is 2.90. The molecule has 0 aliphatic rings. The molecule has 94 valence electrons. The van der Waals surface area contributed by atoms with Crippen LogP contribution in [0.15, 0.2) is 42.5 Å². The third-order valence-electron chi connectivity index (χ3n) is 2.62. The average Bonchev–Trinajstić information content (AvgIpc) is 2.32. The molecule has 1 atom stereocenters. The van der Waals surface area contributed by atoms with Crippen LogP contribution < -0.4 is 0 Å². The van der Waals surface area contributed by atoms with Crippen LogP contribution in [0.25, 0.3) is 0 Å². The minimum absolute atomic E-state index is 0.0205. The third-order valence-corrected chi connectivity index (χ3v) is 4.15. The van der Waals surface area contributed by atoms with Gasteiger partial charge in [-0.2, -0.15) is 0 Å². The molecule has 0 aromatic heterocycles. The highest BCUT2D eigenvalue weighted by Gasteiger charge is 2.12. The average molecular weight is 423 g/mol. The van der Waals surface area contributed by atoms with E-state index in [-0.39, 0.29) is 4.83 Å². The number of hydrogen-bond donors (Lipinski definition) is 0. The second kappa shape index (κ2) is 6.10. The molecule has 0 spiro atoms. The van der Waals surface area contributed by atoms with Crippen LogP contribution in [0.2, 0.25) is 0 Å². The number of alkyl halides is 1. The Morgan fingerprint density at radius 1 is 1.11 bits per heavy atom. The molecular weight excluding hydrogens is 413 g/mol. The molecule has 2 aromatic carbocycles. The van der Waals surface area contributed by atoms with Crippen LogP contribution >= 0.6 is 38.5 Å². The number of halogens is 4. The Labute approximate surface area is 127 Å². The van der Waals surface area contributed by atoms with Gasteiger partial charge in [-0.3, -0.25) is 0 Å². The molecule has 18 heavy (non-hydrogen) atoms. The lowest BCUT2D eigenvalue weighted by Gasteiger charge is -2.11. The van der Waals surface area contributed by atoms with Crippen molar-refractivity contribution in [1.82, 2.24) is 0 Å². The predicted octanol–water partition coefficient (Wildman–Crippen LogP) is 5.25. The third kappa shape index (κ3) is 3.51. The molecule has 0 N–H and O–H groups in total. The summed E-state index contributed by atoms with van der Waals surface area (Å²) in [6.07, 6.45) is 0.492. The molecule has 1 unspecified atom stereocenters. The van der Waals surface area contributed by atoms with Gasteiger partial charge in [-0.05, 0) is 58.3 Å². The zero-order valence-corrected chi connectivity index (χ0v) is 13.1. The second-order valence-corrected chi connectivity index (χ2v) is 6.31. The summed E-state index contributed by atoms with van der Waals surface area (Å²) < 4.78 is 27.5. The molecule has 0 saturated heterocycles. The Morgan fingerprint density at radius 2 is 1.89 bits per heavy atom. The van der Waals surface area contributed by atoms with E-state index in [1.54, 1.807) is 0 Å². The van der Waals surface area contributed by atoms with E-state index in [9.17, 15) is 8.78 Å². The SMILES string of the molecule is Fc1ccc(CC(Br)c2cccc(I)c2)c(F)c1. The highest BCUT2D eigenvalue weighted by atomic mass is 127. The first-order valence-electron chi connectivity index (χ1n) is 5.40. The summed E-state index contributed by atoms with van der Waals surface area (Å²) in [5, 5.41) is 0. The summed E-state index contributed by atoms with van der Waals surface area (Å²) in [5.74, 6) is -1.04. The fourth-order valence-electron chi connectivity index (χ4n) is 1.70. The van der Waals surface area contributed by atoms with Gasteiger partial charge in [0.05, 0.1) is 0 Å². The Morgan fingerprint density at radius 3 is 2.56 bits per heavy atom. The first-order chi connectivity index (χ1) is 8.56. The van der Waals surface area contributed by atoms with Crippen LogP contribution in [0.5, 0.6) is 0 Å². The molecule has 4 heteroatoms. The van der Waals surface area contributed by atoms with E-state index in [1.165, 1.54) is 12.1 Å². The normalized spacial score (nSPS) is 12.4. The van der Waals surface area contributed by atoms with Crippen LogP contribution in [0.3, 0.4) is 0 Å². The topological polar surface area (TPSA) is 0 Å². The molecule has 0 fully saturated rings. The van der Waals surface area contributed by atoms with Gasteiger partial charge in [0.1, 0.15) is 11.6 Å². The first-order valence-corrected chi connectivity index (χ1v) is 7.39. The van der Waals surface area contributed by atoms with E-state index in [4.69, 9.17) is 0 Å². The maximum absolute atomic E-state index is 13.5. The van der Waals surface area contributed by atoms with E-state index in [2.05, 4.69) is 38.5 Å². The van der Waals surface area contributed by atoms with Crippen molar-refractivity contribution in [2.45, 2.75) is 11.2 Å². The van der Waals surface area contributed by atoms with Gasteiger partial charge in [-0.25, -0.2) is 8.78 Å². The second-order valence-electron chi connectivity index (χ2n) is 3.96. The zero-order valence-electron chi connectivity index (χ0n) is 9.34. The standard InChI is InChI=1S/C14H10BrF2I/c15-13(9-2-1-3-12(18)6-9)7-10-4-5-11(16)8-14(10)17/h1-6,8,13H,7H2. The fraction of sp³-hybridized carbons (Fsp3) is 0.143. The van der Waals surface area contributed by atoms with Crippen molar-refractivity contribution in [1.29, 1.82) is 0 Å². The van der Waals surface area contributed by atoms with Gasteiger partial charge in [0.15, 0.2) is 0 Å². The lowest BCUT2D eigenvalue weighted by molar-refractivity contribution is 0.571. The highest BCUT2D eigenvalue weighted by molar-refractivity contribution is 14.1. The molecule has 0 nitrogen and oxygen atoms in total. The minimum Gasteiger partial charge on any atom is -0.207 e. The smallest absolute Gasteiger partial charge is 0.129 e. The van der Waals surface area contributed by atoms with Crippen molar-refractivity contribution in [2.24, 2.45) is 0 Å². The number of benzene rings is 2. The van der Waals surface area contributed by atoms with Gasteiger partial charge in [0, 0.05) is 14.5 Å².